The molecule has 0 bridgehead atoms. The van der Waals surface area contributed by atoms with Gasteiger partial charge >= 0.3 is 5.97 Å². The molecule has 27 heavy (non-hydrogen) atoms. The predicted molar refractivity (Wildman–Crippen MR) is 93.3 cm³/mol. The molecule has 0 saturated heterocycles. The Morgan fingerprint density at radius 2 is 2.07 bits per heavy atom. The number of benzene rings is 1. The Morgan fingerprint density at radius 3 is 2.67 bits per heavy atom. The first-order chi connectivity index (χ1) is 13.0. The van der Waals surface area contributed by atoms with Gasteiger partial charge in [-0.1, -0.05) is 6.07 Å². The first-order valence-corrected chi connectivity index (χ1v) is 8.47. The van der Waals surface area contributed by atoms with Crippen LogP contribution < -0.4 is 14.8 Å². The third-order valence-corrected chi connectivity index (χ3v) is 4.37. The zero-order chi connectivity index (χ0) is 19.4. The highest BCUT2D eigenvalue weighted by molar-refractivity contribution is 5.97. The second kappa shape index (κ2) is 8.03. The monoisotopic (exact) mass is 374 g/mol. The molecule has 8 heteroatoms. The molecule has 0 radical (unpaired) electrons. The number of nitrogens with zero attached hydrogens (tertiary/aromatic N) is 1. The highest BCUT2D eigenvalue weighted by atomic mass is 19.1. The van der Waals surface area contributed by atoms with Crippen LogP contribution >= 0.6 is 0 Å². The smallest absolute Gasteiger partial charge is 0.330 e. The second-order valence-electron chi connectivity index (χ2n) is 6.19. The highest BCUT2D eigenvalue weighted by Gasteiger charge is 2.25. The standard InChI is InChI=1S/C19H19FN2O5/c1-26-15-6-5-11(9-14(15)20)17(19(24)25)22-18(23)12-7-8-21-16(10-12)27-13-3-2-4-13/h5-10,13,17H,2-4H2,1H3,(H,22,23)(H,24,25). The molecule has 3 rings (SSSR count). The summed E-state index contributed by atoms with van der Waals surface area (Å²) in [6.45, 7) is 0. The van der Waals surface area contributed by atoms with Crippen LogP contribution in [0.4, 0.5) is 4.39 Å². The molecule has 1 heterocycles. The van der Waals surface area contributed by atoms with Crippen molar-refractivity contribution >= 4 is 11.9 Å². The van der Waals surface area contributed by atoms with E-state index in [1.165, 1.54) is 37.6 Å². The number of pyridine rings is 1. The largest absolute Gasteiger partial charge is 0.494 e. The van der Waals surface area contributed by atoms with E-state index in [2.05, 4.69) is 10.3 Å². The van der Waals surface area contributed by atoms with Gasteiger partial charge in [0.25, 0.3) is 5.91 Å². The van der Waals surface area contributed by atoms with Gasteiger partial charge in [0, 0.05) is 17.8 Å². The fraction of sp³-hybridized carbons (Fsp3) is 0.316. The number of hydrogen-bond acceptors (Lipinski definition) is 5. The molecule has 0 aliphatic heterocycles. The fourth-order valence-electron chi connectivity index (χ4n) is 2.64. The molecule has 1 aliphatic carbocycles. The third-order valence-electron chi connectivity index (χ3n) is 4.37. The number of hydrogen-bond donors (Lipinski definition) is 2. The van der Waals surface area contributed by atoms with E-state index in [1.807, 2.05) is 0 Å². The number of carboxylic acid groups (broad SMARTS) is 1. The van der Waals surface area contributed by atoms with Gasteiger partial charge in [0.1, 0.15) is 6.10 Å². The summed E-state index contributed by atoms with van der Waals surface area (Å²) >= 11 is 0. The van der Waals surface area contributed by atoms with E-state index in [1.54, 1.807) is 0 Å². The molecule has 1 amide bonds. The maximum atomic E-state index is 13.9. The minimum absolute atomic E-state index is 0.0128. The molecule has 1 aromatic heterocycles. The number of aliphatic carboxylic acids is 1. The lowest BCUT2D eigenvalue weighted by Gasteiger charge is -2.25. The maximum absolute atomic E-state index is 13.9. The van der Waals surface area contributed by atoms with Crippen LogP contribution in [0.15, 0.2) is 36.5 Å². The van der Waals surface area contributed by atoms with Crippen molar-refractivity contribution in [2.24, 2.45) is 0 Å². The fourth-order valence-corrected chi connectivity index (χ4v) is 2.64. The number of nitrogens with one attached hydrogen (secondary N) is 1. The zero-order valence-electron chi connectivity index (χ0n) is 14.6. The summed E-state index contributed by atoms with van der Waals surface area (Å²) in [7, 11) is 1.31. The SMILES string of the molecule is COc1ccc(C(NC(=O)c2ccnc(OC3CCC3)c2)C(=O)O)cc1F. The summed E-state index contributed by atoms with van der Waals surface area (Å²) < 4.78 is 24.4. The molecule has 142 valence electrons. The Bertz CT molecular complexity index is 854. The summed E-state index contributed by atoms with van der Waals surface area (Å²) in [5.41, 5.74) is 0.300. The van der Waals surface area contributed by atoms with Crippen molar-refractivity contribution in [1.82, 2.24) is 10.3 Å². The molecular weight excluding hydrogens is 355 g/mol. The summed E-state index contributed by atoms with van der Waals surface area (Å²) in [5.74, 6) is -2.35. The van der Waals surface area contributed by atoms with Gasteiger partial charge in [0.05, 0.1) is 7.11 Å². The van der Waals surface area contributed by atoms with Crippen LogP contribution in [0.5, 0.6) is 11.6 Å². The molecular formula is C19H19FN2O5. The van der Waals surface area contributed by atoms with Gasteiger partial charge in [-0.05, 0) is 43.0 Å². The molecule has 1 aliphatic rings. The lowest BCUT2D eigenvalue weighted by Crippen LogP contribution is -2.34. The normalized spacial score (nSPS) is 14.7. The number of methoxy groups -OCH3 is 1. The number of rotatable bonds is 7. The lowest BCUT2D eigenvalue weighted by atomic mass is 9.96. The Balaban J connectivity index is 1.76. The van der Waals surface area contributed by atoms with E-state index in [9.17, 15) is 19.1 Å². The predicted octanol–water partition coefficient (Wildman–Crippen LogP) is 2.72. The molecule has 7 nitrogen and oxygen atoms in total. The van der Waals surface area contributed by atoms with Crippen LogP contribution in [0.3, 0.4) is 0 Å². The van der Waals surface area contributed by atoms with Gasteiger partial charge < -0.3 is 19.9 Å². The summed E-state index contributed by atoms with van der Waals surface area (Å²) in [6, 6.07) is 5.22. The van der Waals surface area contributed by atoms with Crippen molar-refractivity contribution in [3.05, 3.63) is 53.5 Å². The highest BCUT2D eigenvalue weighted by Crippen LogP contribution is 2.25. The second-order valence-corrected chi connectivity index (χ2v) is 6.19. The molecule has 2 aromatic rings. The molecule has 1 aromatic carbocycles. The molecule has 0 spiro atoms. The van der Waals surface area contributed by atoms with E-state index in [0.29, 0.717) is 5.88 Å². The number of carboxylic acids is 1. The van der Waals surface area contributed by atoms with Gasteiger partial charge in [0.15, 0.2) is 17.6 Å². The number of aromatic nitrogens is 1. The summed E-state index contributed by atoms with van der Waals surface area (Å²) in [4.78, 5) is 28.1. The average Bonchev–Trinajstić information content (AvgIpc) is 2.62. The van der Waals surface area contributed by atoms with Gasteiger partial charge in [-0.2, -0.15) is 0 Å². The van der Waals surface area contributed by atoms with Crippen molar-refractivity contribution in [3.63, 3.8) is 0 Å². The Hall–Kier alpha value is -3.16. The van der Waals surface area contributed by atoms with E-state index in [0.717, 1.165) is 25.3 Å². The minimum atomic E-state index is -1.41. The van der Waals surface area contributed by atoms with E-state index in [-0.39, 0.29) is 23.0 Å². The molecule has 1 saturated carbocycles. The van der Waals surface area contributed by atoms with Crippen molar-refractivity contribution in [2.75, 3.05) is 7.11 Å². The zero-order valence-corrected chi connectivity index (χ0v) is 14.6. The van der Waals surface area contributed by atoms with Crippen LogP contribution in [0.1, 0.15) is 41.2 Å². The Morgan fingerprint density at radius 1 is 1.30 bits per heavy atom. The van der Waals surface area contributed by atoms with Gasteiger partial charge in [-0.15, -0.1) is 0 Å². The van der Waals surface area contributed by atoms with E-state index >= 15 is 0 Å². The van der Waals surface area contributed by atoms with E-state index in [4.69, 9.17) is 9.47 Å². The average molecular weight is 374 g/mol. The topological polar surface area (TPSA) is 97.8 Å². The number of carbonyl (C=O) groups is 2. The third kappa shape index (κ3) is 4.33. The quantitative estimate of drug-likeness (QED) is 0.773. The number of halogens is 1. The first-order valence-electron chi connectivity index (χ1n) is 8.47. The molecule has 1 unspecified atom stereocenters. The van der Waals surface area contributed by atoms with Crippen LogP contribution in [0.2, 0.25) is 0 Å². The van der Waals surface area contributed by atoms with Crippen LogP contribution in [0, 0.1) is 5.82 Å². The van der Waals surface area contributed by atoms with Crippen molar-refractivity contribution in [3.8, 4) is 11.6 Å². The summed E-state index contributed by atoms with van der Waals surface area (Å²) in [5, 5.41) is 11.8. The van der Waals surface area contributed by atoms with Crippen LogP contribution in [0.25, 0.3) is 0 Å². The lowest BCUT2D eigenvalue weighted by molar-refractivity contribution is -0.139. The van der Waals surface area contributed by atoms with Crippen LogP contribution in [-0.4, -0.2) is 35.2 Å². The van der Waals surface area contributed by atoms with Gasteiger partial charge in [0.2, 0.25) is 5.88 Å². The molecule has 1 atom stereocenters. The summed E-state index contributed by atoms with van der Waals surface area (Å²) in [6.07, 6.45) is 4.52. The van der Waals surface area contributed by atoms with Crippen LogP contribution in [-0.2, 0) is 4.79 Å². The Kier molecular flexibility index (Phi) is 5.54. The van der Waals surface area contributed by atoms with Crippen molar-refractivity contribution < 1.29 is 28.6 Å². The maximum Gasteiger partial charge on any atom is 0.330 e. The Labute approximate surface area is 155 Å². The van der Waals surface area contributed by atoms with Crippen molar-refractivity contribution in [1.29, 1.82) is 0 Å². The minimum Gasteiger partial charge on any atom is -0.494 e. The first kappa shape index (κ1) is 18.6. The molecule has 1 fully saturated rings. The number of ether oxygens (including phenoxy) is 2. The number of carbonyl (C=O) groups excluding carboxylic acids is 1. The molecule has 2 N–H and O–H groups in total. The van der Waals surface area contributed by atoms with Gasteiger partial charge in [-0.25, -0.2) is 14.2 Å². The van der Waals surface area contributed by atoms with Crippen molar-refractivity contribution in [2.45, 2.75) is 31.4 Å². The van der Waals surface area contributed by atoms with E-state index < -0.39 is 23.7 Å². The van der Waals surface area contributed by atoms with Gasteiger partial charge in [-0.3, -0.25) is 4.79 Å². The number of amides is 1.